The number of carbonyl (C=O) groups is 3. The van der Waals surface area contributed by atoms with Gasteiger partial charge >= 0.3 is 6.03 Å². The van der Waals surface area contributed by atoms with Crippen molar-refractivity contribution in [1.82, 2.24) is 10.2 Å². The number of urea groups is 1. The Kier molecular flexibility index (Phi) is 3.57. The summed E-state index contributed by atoms with van der Waals surface area (Å²) >= 11 is 3.36. The molecule has 1 aliphatic heterocycles. The van der Waals surface area contributed by atoms with Gasteiger partial charge in [-0.05, 0) is 30.4 Å². The number of carbonyl (C=O) groups excluding carboxylic acids is 3. The van der Waals surface area contributed by atoms with Crippen LogP contribution in [0, 0.1) is 5.92 Å². The molecule has 0 aromatic heterocycles. The monoisotopic (exact) mass is 350 g/mol. The number of hydrogen-bond acceptors (Lipinski definition) is 3. The maximum atomic E-state index is 12.7. The summed E-state index contributed by atoms with van der Waals surface area (Å²) in [5, 5.41) is 2.31. The van der Waals surface area contributed by atoms with Crippen molar-refractivity contribution in [3.63, 3.8) is 0 Å². The van der Waals surface area contributed by atoms with Crippen LogP contribution in [-0.4, -0.2) is 28.8 Å². The predicted molar refractivity (Wildman–Crippen MR) is 79.5 cm³/mol. The number of nitrogens with one attached hydrogen (secondary N) is 1. The van der Waals surface area contributed by atoms with E-state index in [1.807, 2.05) is 6.07 Å². The van der Waals surface area contributed by atoms with Crippen LogP contribution in [0.3, 0.4) is 0 Å². The number of imide groups is 2. The summed E-state index contributed by atoms with van der Waals surface area (Å²) in [4.78, 5) is 38.0. The topological polar surface area (TPSA) is 66.5 Å². The molecule has 110 valence electrons. The fraction of sp³-hybridized carbons (Fsp3) is 0.400. The number of nitrogens with zero attached hydrogens (tertiary/aromatic N) is 1. The van der Waals surface area contributed by atoms with Crippen molar-refractivity contribution in [3.8, 4) is 0 Å². The molecule has 1 N–H and O–H groups in total. The highest BCUT2D eigenvalue weighted by atomic mass is 79.9. The van der Waals surface area contributed by atoms with Crippen LogP contribution < -0.4 is 5.32 Å². The first-order chi connectivity index (χ1) is 9.99. The van der Waals surface area contributed by atoms with E-state index < -0.39 is 23.8 Å². The Morgan fingerprint density at radius 2 is 1.86 bits per heavy atom. The van der Waals surface area contributed by atoms with Gasteiger partial charge in [0.2, 0.25) is 11.8 Å². The van der Waals surface area contributed by atoms with Crippen molar-refractivity contribution in [2.75, 3.05) is 0 Å². The zero-order valence-corrected chi connectivity index (χ0v) is 13.1. The Morgan fingerprint density at radius 3 is 2.48 bits per heavy atom. The normalized spacial score (nSPS) is 29.1. The average molecular weight is 351 g/mol. The van der Waals surface area contributed by atoms with Crippen molar-refractivity contribution < 1.29 is 14.4 Å². The van der Waals surface area contributed by atoms with Crippen LogP contribution in [0.15, 0.2) is 28.7 Å². The van der Waals surface area contributed by atoms with Gasteiger partial charge in [-0.2, -0.15) is 0 Å². The molecule has 1 saturated carbocycles. The van der Waals surface area contributed by atoms with Gasteiger partial charge < -0.3 is 0 Å². The van der Waals surface area contributed by atoms with Crippen molar-refractivity contribution >= 4 is 33.8 Å². The van der Waals surface area contributed by atoms with E-state index in [2.05, 4.69) is 28.2 Å². The number of rotatable bonds is 2. The molecule has 1 aliphatic carbocycles. The second-order valence-electron chi connectivity index (χ2n) is 5.69. The fourth-order valence-corrected chi connectivity index (χ4v) is 3.50. The molecule has 1 aromatic carbocycles. The molecule has 1 heterocycles. The Hall–Kier alpha value is -1.69. The lowest BCUT2D eigenvalue weighted by Gasteiger charge is -2.43. The molecule has 5 nitrogen and oxygen atoms in total. The van der Waals surface area contributed by atoms with E-state index >= 15 is 0 Å². The number of amides is 4. The smallest absolute Gasteiger partial charge is 0.277 e. The minimum absolute atomic E-state index is 0.0920. The molecule has 3 rings (SSSR count). The van der Waals surface area contributed by atoms with Gasteiger partial charge in [0.25, 0.3) is 0 Å². The highest BCUT2D eigenvalue weighted by Crippen LogP contribution is 2.36. The molecule has 1 atom stereocenters. The maximum absolute atomic E-state index is 12.7. The lowest BCUT2D eigenvalue weighted by Crippen LogP contribution is -2.62. The van der Waals surface area contributed by atoms with Crippen LogP contribution in [-0.2, 0) is 9.59 Å². The van der Waals surface area contributed by atoms with Crippen LogP contribution >= 0.6 is 15.9 Å². The Bertz CT molecular complexity index is 625. The number of barbiturate groups is 1. The quantitative estimate of drug-likeness (QED) is 0.833. The summed E-state index contributed by atoms with van der Waals surface area (Å²) in [6, 6.07) is 6.41. The largest absolute Gasteiger partial charge is 0.331 e. The molecule has 1 saturated heterocycles. The number of halogens is 1. The van der Waals surface area contributed by atoms with Crippen molar-refractivity contribution in [3.05, 3.63) is 34.3 Å². The van der Waals surface area contributed by atoms with Crippen molar-refractivity contribution in [2.24, 2.45) is 5.92 Å². The molecule has 0 spiro atoms. The van der Waals surface area contributed by atoms with Gasteiger partial charge in [0, 0.05) is 10.5 Å². The third kappa shape index (κ3) is 2.37. The Labute approximate surface area is 130 Å². The van der Waals surface area contributed by atoms with Crippen LogP contribution in [0.5, 0.6) is 0 Å². The molecule has 0 radical (unpaired) electrons. The minimum atomic E-state index is -0.964. The van der Waals surface area contributed by atoms with Crippen LogP contribution in [0.2, 0.25) is 0 Å². The number of benzene rings is 1. The molecular formula is C15H15BrN2O3. The molecule has 1 aromatic rings. The third-order valence-electron chi connectivity index (χ3n) is 4.13. The summed E-state index contributed by atoms with van der Waals surface area (Å²) in [7, 11) is 0. The van der Waals surface area contributed by atoms with E-state index in [9.17, 15) is 14.4 Å². The maximum Gasteiger partial charge on any atom is 0.331 e. The summed E-state index contributed by atoms with van der Waals surface area (Å²) in [5.74, 6) is -1.43. The molecule has 6 heteroatoms. The second kappa shape index (κ2) is 5.26. The molecule has 2 fully saturated rings. The number of hydrogen-bond donors (Lipinski definition) is 1. The van der Waals surface area contributed by atoms with Gasteiger partial charge in [0.15, 0.2) is 0 Å². The van der Waals surface area contributed by atoms with Gasteiger partial charge in [0.1, 0.15) is 5.92 Å². The first kappa shape index (κ1) is 14.3. The van der Waals surface area contributed by atoms with E-state index in [0.717, 1.165) is 12.8 Å². The van der Waals surface area contributed by atoms with Crippen LogP contribution in [0.1, 0.15) is 31.2 Å². The van der Waals surface area contributed by atoms with E-state index in [-0.39, 0.29) is 6.04 Å². The van der Waals surface area contributed by atoms with Crippen molar-refractivity contribution in [1.29, 1.82) is 0 Å². The van der Waals surface area contributed by atoms with Crippen LogP contribution in [0.25, 0.3) is 0 Å². The third-order valence-corrected chi connectivity index (χ3v) is 4.85. The van der Waals surface area contributed by atoms with Gasteiger partial charge in [-0.25, -0.2) is 4.79 Å². The predicted octanol–water partition coefficient (Wildman–Crippen LogP) is 2.41. The molecular weight excluding hydrogens is 336 g/mol. The Morgan fingerprint density at radius 1 is 1.19 bits per heavy atom. The minimum Gasteiger partial charge on any atom is -0.277 e. The SMILES string of the molecule is CC1CC(N2C(=O)NC(=O)C(c3ccccc3Br)C2=O)C1. The average Bonchev–Trinajstić information content (AvgIpc) is 2.38. The van der Waals surface area contributed by atoms with Gasteiger partial charge in [0.05, 0.1) is 0 Å². The summed E-state index contributed by atoms with van der Waals surface area (Å²) < 4.78 is 0.690. The van der Waals surface area contributed by atoms with E-state index in [1.165, 1.54) is 4.90 Å². The first-order valence-corrected chi connectivity index (χ1v) is 7.70. The highest BCUT2D eigenvalue weighted by Gasteiger charge is 2.47. The first-order valence-electron chi connectivity index (χ1n) is 6.91. The summed E-state index contributed by atoms with van der Waals surface area (Å²) in [6.45, 7) is 2.08. The Balaban J connectivity index is 1.93. The van der Waals surface area contributed by atoms with E-state index in [4.69, 9.17) is 0 Å². The molecule has 4 amide bonds. The van der Waals surface area contributed by atoms with Gasteiger partial charge in [-0.15, -0.1) is 0 Å². The standard InChI is InChI=1S/C15H15BrN2O3/c1-8-6-9(7-8)18-14(20)12(13(19)17-15(18)21)10-4-2-3-5-11(10)16/h2-5,8-9,12H,6-7H2,1H3,(H,17,19,21). The van der Waals surface area contributed by atoms with E-state index in [0.29, 0.717) is 16.0 Å². The summed E-state index contributed by atoms with van der Waals surface area (Å²) in [6.07, 6.45) is 1.60. The lowest BCUT2D eigenvalue weighted by molar-refractivity contribution is -0.141. The van der Waals surface area contributed by atoms with Crippen LogP contribution in [0.4, 0.5) is 4.79 Å². The van der Waals surface area contributed by atoms with E-state index in [1.54, 1.807) is 18.2 Å². The van der Waals surface area contributed by atoms with Gasteiger partial charge in [-0.1, -0.05) is 41.1 Å². The lowest BCUT2D eigenvalue weighted by atomic mass is 9.80. The molecule has 0 bridgehead atoms. The second-order valence-corrected chi connectivity index (χ2v) is 6.54. The zero-order valence-electron chi connectivity index (χ0n) is 11.5. The van der Waals surface area contributed by atoms with Gasteiger partial charge in [-0.3, -0.25) is 19.8 Å². The fourth-order valence-electron chi connectivity index (χ4n) is 2.99. The zero-order chi connectivity index (χ0) is 15.1. The molecule has 1 unspecified atom stereocenters. The molecule has 2 aliphatic rings. The molecule has 21 heavy (non-hydrogen) atoms. The highest BCUT2D eigenvalue weighted by molar-refractivity contribution is 9.10. The van der Waals surface area contributed by atoms with Crippen molar-refractivity contribution in [2.45, 2.75) is 31.7 Å². The summed E-state index contributed by atoms with van der Waals surface area (Å²) in [5.41, 5.74) is 0.588.